The monoisotopic (exact) mass is 479 g/mol. The van der Waals surface area contributed by atoms with Crippen LogP contribution in [0.15, 0.2) is 41.3 Å². The van der Waals surface area contributed by atoms with E-state index >= 15 is 0 Å². The molecule has 170 valence electrons. The van der Waals surface area contributed by atoms with Gasteiger partial charge in [0.05, 0.1) is 17.8 Å². The van der Waals surface area contributed by atoms with Crippen molar-refractivity contribution in [3.8, 4) is 11.5 Å². The zero-order valence-corrected chi connectivity index (χ0v) is 19.1. The van der Waals surface area contributed by atoms with Crippen LogP contribution >= 0.6 is 11.6 Å². The first-order valence-corrected chi connectivity index (χ1v) is 11.8. The van der Waals surface area contributed by atoms with E-state index in [-0.39, 0.29) is 53.7 Å². The van der Waals surface area contributed by atoms with Crippen LogP contribution in [0.2, 0.25) is 5.02 Å². The number of rotatable bonds is 4. The van der Waals surface area contributed by atoms with Gasteiger partial charge >= 0.3 is 0 Å². The molecule has 0 aromatic heterocycles. The molecule has 1 saturated heterocycles. The number of nitrogens with one attached hydrogen (secondary N) is 1. The molecule has 4 rings (SSSR count). The second kappa shape index (κ2) is 8.61. The molecule has 1 N–H and O–H groups in total. The summed E-state index contributed by atoms with van der Waals surface area (Å²) in [6.45, 7) is 2.29. The predicted octanol–water partition coefficient (Wildman–Crippen LogP) is 2.21. The number of carbonyl (C=O) groups is 2. The van der Waals surface area contributed by atoms with E-state index in [9.17, 15) is 18.0 Å². The molecular formula is C21H22ClN3O6S. The Morgan fingerprint density at radius 1 is 1.19 bits per heavy atom. The summed E-state index contributed by atoms with van der Waals surface area (Å²) in [7, 11) is -2.40. The lowest BCUT2D eigenvalue weighted by Crippen LogP contribution is -2.50. The number of halogens is 1. The maximum absolute atomic E-state index is 13.2. The van der Waals surface area contributed by atoms with E-state index in [1.54, 1.807) is 36.1 Å². The van der Waals surface area contributed by atoms with Gasteiger partial charge in [0.1, 0.15) is 16.4 Å². The number of fused-ring (bicyclic) bond motifs is 1. The van der Waals surface area contributed by atoms with Crippen molar-refractivity contribution < 1.29 is 27.5 Å². The Kier molecular flexibility index (Phi) is 6.02. The third kappa shape index (κ3) is 4.13. The maximum atomic E-state index is 13.2. The minimum absolute atomic E-state index is 0.0166. The van der Waals surface area contributed by atoms with Crippen LogP contribution in [0.4, 0.5) is 5.69 Å². The molecule has 0 aliphatic carbocycles. The molecule has 2 amide bonds. The van der Waals surface area contributed by atoms with Crippen LogP contribution in [0.1, 0.15) is 17.3 Å². The van der Waals surface area contributed by atoms with Gasteiger partial charge in [-0.25, -0.2) is 8.42 Å². The summed E-state index contributed by atoms with van der Waals surface area (Å²) in [6.07, 6.45) is -0.745. The van der Waals surface area contributed by atoms with E-state index in [4.69, 9.17) is 21.1 Å². The predicted molar refractivity (Wildman–Crippen MR) is 118 cm³/mol. The number of piperazine rings is 1. The Bertz CT molecular complexity index is 1180. The quantitative estimate of drug-likeness (QED) is 0.720. The Labute approximate surface area is 190 Å². The summed E-state index contributed by atoms with van der Waals surface area (Å²) in [5.74, 6) is 0.297. The number of sulfonamides is 1. The molecular weight excluding hydrogens is 458 g/mol. The van der Waals surface area contributed by atoms with E-state index in [0.29, 0.717) is 17.0 Å². The van der Waals surface area contributed by atoms with Crippen molar-refractivity contribution >= 4 is 39.1 Å². The highest BCUT2D eigenvalue weighted by Gasteiger charge is 2.34. The van der Waals surface area contributed by atoms with Gasteiger partial charge in [-0.3, -0.25) is 9.59 Å². The maximum Gasteiger partial charge on any atom is 0.265 e. The number of hydrogen-bond donors (Lipinski definition) is 1. The molecule has 2 aromatic carbocycles. The molecule has 1 atom stereocenters. The van der Waals surface area contributed by atoms with Crippen LogP contribution in [0.3, 0.4) is 0 Å². The van der Waals surface area contributed by atoms with Crippen LogP contribution in [0, 0.1) is 0 Å². The largest absolute Gasteiger partial charge is 0.497 e. The van der Waals surface area contributed by atoms with Gasteiger partial charge in [0.25, 0.3) is 11.8 Å². The van der Waals surface area contributed by atoms with Gasteiger partial charge in [-0.05, 0) is 31.2 Å². The lowest BCUT2D eigenvalue weighted by Gasteiger charge is -2.34. The second-order valence-corrected chi connectivity index (χ2v) is 9.77. The highest BCUT2D eigenvalue weighted by atomic mass is 35.5. The molecule has 1 unspecified atom stereocenters. The molecule has 0 bridgehead atoms. The number of ether oxygens (including phenoxy) is 2. The SMILES string of the molecule is COc1cccc(C(=O)N2CCN(S(=O)(=O)c3cc4c(cc3Cl)NC(=O)C(C)O4)CC2)c1. The molecule has 0 spiro atoms. The Hall–Kier alpha value is -2.82. The van der Waals surface area contributed by atoms with Crippen molar-refractivity contribution in [1.82, 2.24) is 9.21 Å². The molecule has 0 saturated carbocycles. The summed E-state index contributed by atoms with van der Waals surface area (Å²) < 4.78 is 38.5. The minimum Gasteiger partial charge on any atom is -0.497 e. The van der Waals surface area contributed by atoms with Gasteiger partial charge in [0, 0.05) is 37.8 Å². The van der Waals surface area contributed by atoms with Crippen LogP contribution < -0.4 is 14.8 Å². The van der Waals surface area contributed by atoms with E-state index in [1.807, 2.05) is 0 Å². The summed E-state index contributed by atoms with van der Waals surface area (Å²) in [6, 6.07) is 9.53. The number of hydrogen-bond acceptors (Lipinski definition) is 6. The number of amides is 2. The molecule has 1 fully saturated rings. The molecule has 0 radical (unpaired) electrons. The van der Waals surface area contributed by atoms with Crippen molar-refractivity contribution in [3.05, 3.63) is 47.0 Å². The smallest absolute Gasteiger partial charge is 0.265 e. The summed E-state index contributed by atoms with van der Waals surface area (Å²) >= 11 is 6.25. The first-order valence-electron chi connectivity index (χ1n) is 9.95. The third-order valence-corrected chi connectivity index (χ3v) is 7.79. The Morgan fingerprint density at radius 3 is 2.59 bits per heavy atom. The van der Waals surface area contributed by atoms with E-state index in [0.717, 1.165) is 0 Å². The van der Waals surface area contributed by atoms with Gasteiger partial charge in [-0.15, -0.1) is 0 Å². The molecule has 32 heavy (non-hydrogen) atoms. The molecule has 2 aromatic rings. The zero-order valence-electron chi connectivity index (χ0n) is 17.5. The van der Waals surface area contributed by atoms with Crippen molar-refractivity contribution in [1.29, 1.82) is 0 Å². The second-order valence-electron chi connectivity index (χ2n) is 7.46. The highest BCUT2D eigenvalue weighted by Crippen LogP contribution is 2.38. The number of anilines is 1. The fourth-order valence-electron chi connectivity index (χ4n) is 3.62. The fourth-order valence-corrected chi connectivity index (χ4v) is 5.55. The van der Waals surface area contributed by atoms with E-state index in [2.05, 4.69) is 5.32 Å². The normalized spacial score (nSPS) is 19.0. The summed E-state index contributed by atoms with van der Waals surface area (Å²) in [5, 5.41) is 2.62. The topological polar surface area (TPSA) is 105 Å². The lowest BCUT2D eigenvalue weighted by atomic mass is 10.1. The molecule has 2 aliphatic heterocycles. The minimum atomic E-state index is -3.93. The Morgan fingerprint density at radius 2 is 1.91 bits per heavy atom. The molecule has 9 nitrogen and oxygen atoms in total. The number of benzene rings is 2. The van der Waals surface area contributed by atoms with Crippen LogP contribution in [0.5, 0.6) is 11.5 Å². The van der Waals surface area contributed by atoms with Gasteiger partial charge in [-0.2, -0.15) is 4.31 Å². The number of carbonyl (C=O) groups excluding carboxylic acids is 2. The third-order valence-electron chi connectivity index (χ3n) is 5.43. The van der Waals surface area contributed by atoms with Gasteiger partial charge in [0.2, 0.25) is 10.0 Å². The van der Waals surface area contributed by atoms with Crippen LogP contribution in [0.25, 0.3) is 0 Å². The highest BCUT2D eigenvalue weighted by molar-refractivity contribution is 7.89. The average molecular weight is 480 g/mol. The van der Waals surface area contributed by atoms with E-state index < -0.39 is 16.1 Å². The average Bonchev–Trinajstić information content (AvgIpc) is 2.79. The Balaban J connectivity index is 1.50. The van der Waals surface area contributed by atoms with Gasteiger partial charge in [-0.1, -0.05) is 17.7 Å². The first-order chi connectivity index (χ1) is 15.2. The summed E-state index contributed by atoms with van der Waals surface area (Å²) in [5.41, 5.74) is 0.803. The molecule has 2 heterocycles. The van der Waals surface area contributed by atoms with Crippen molar-refractivity contribution in [2.45, 2.75) is 17.9 Å². The van der Waals surface area contributed by atoms with Crippen molar-refractivity contribution in [2.75, 3.05) is 38.6 Å². The molecule has 2 aliphatic rings. The van der Waals surface area contributed by atoms with E-state index in [1.165, 1.54) is 23.5 Å². The fraction of sp³-hybridized carbons (Fsp3) is 0.333. The first kappa shape index (κ1) is 22.4. The van der Waals surface area contributed by atoms with Gasteiger partial charge < -0.3 is 19.7 Å². The zero-order chi connectivity index (χ0) is 23.0. The molecule has 11 heteroatoms. The van der Waals surface area contributed by atoms with Gasteiger partial charge in [0.15, 0.2) is 6.10 Å². The van der Waals surface area contributed by atoms with Crippen molar-refractivity contribution in [3.63, 3.8) is 0 Å². The standard InChI is InChI=1S/C21H22ClN3O6S/c1-13-20(26)23-17-11-16(22)19(12-18(17)31-13)32(28,29)25-8-6-24(7-9-25)21(27)14-4-3-5-15(10-14)30-2/h3-5,10-13H,6-9H2,1-2H3,(H,23,26). The van der Waals surface area contributed by atoms with Crippen LogP contribution in [-0.2, 0) is 14.8 Å². The number of methoxy groups -OCH3 is 1. The summed E-state index contributed by atoms with van der Waals surface area (Å²) in [4.78, 5) is 26.1. The number of nitrogens with zero attached hydrogens (tertiary/aromatic N) is 2. The van der Waals surface area contributed by atoms with Crippen LogP contribution in [-0.4, -0.2) is 68.8 Å². The lowest BCUT2D eigenvalue weighted by molar-refractivity contribution is -0.122. The van der Waals surface area contributed by atoms with Crippen molar-refractivity contribution in [2.24, 2.45) is 0 Å².